The molecule has 0 spiro atoms. The van der Waals surface area contributed by atoms with Gasteiger partial charge >= 0.3 is 5.97 Å². The van der Waals surface area contributed by atoms with Crippen LogP contribution in [0.3, 0.4) is 0 Å². The molecule has 1 saturated carbocycles. The molecule has 1 aromatic rings. The normalized spacial score (nSPS) is 22.1. The molecule has 3 atom stereocenters. The van der Waals surface area contributed by atoms with Crippen molar-refractivity contribution in [1.29, 1.82) is 0 Å². The molecule has 1 aliphatic carbocycles. The summed E-state index contributed by atoms with van der Waals surface area (Å²) in [7, 11) is 1.30. The van der Waals surface area contributed by atoms with Crippen LogP contribution in [0, 0.1) is 5.92 Å². The zero-order valence-corrected chi connectivity index (χ0v) is 11.8. The zero-order valence-electron chi connectivity index (χ0n) is 11.0. The molecule has 108 valence electrons. The molecular formula is C14H16ClNO4. The molecule has 1 fully saturated rings. The maximum atomic E-state index is 11.9. The van der Waals surface area contributed by atoms with Crippen LogP contribution in [-0.2, 0) is 14.3 Å². The van der Waals surface area contributed by atoms with Gasteiger partial charge in [0.05, 0.1) is 6.54 Å². The van der Waals surface area contributed by atoms with E-state index in [1.807, 2.05) is 18.2 Å². The summed E-state index contributed by atoms with van der Waals surface area (Å²) in [6, 6.07) is 7.45. The molecule has 6 heteroatoms. The average Bonchev–Trinajstić information content (AvgIpc) is 3.19. The SMILES string of the molecule is COC(CNC(=O)C1CC1c1cccc(Cl)c1)C(=O)O. The van der Waals surface area contributed by atoms with Crippen LogP contribution in [0.1, 0.15) is 17.9 Å². The maximum Gasteiger partial charge on any atom is 0.334 e. The van der Waals surface area contributed by atoms with Gasteiger partial charge < -0.3 is 15.2 Å². The quantitative estimate of drug-likeness (QED) is 0.837. The smallest absolute Gasteiger partial charge is 0.334 e. The molecule has 0 aliphatic heterocycles. The fourth-order valence-corrected chi connectivity index (χ4v) is 2.38. The van der Waals surface area contributed by atoms with Crippen molar-refractivity contribution in [3.63, 3.8) is 0 Å². The average molecular weight is 298 g/mol. The van der Waals surface area contributed by atoms with E-state index in [0.717, 1.165) is 12.0 Å². The van der Waals surface area contributed by atoms with Crippen molar-refractivity contribution < 1.29 is 19.4 Å². The van der Waals surface area contributed by atoms with Crippen LogP contribution >= 0.6 is 11.6 Å². The lowest BCUT2D eigenvalue weighted by Crippen LogP contribution is -2.38. The van der Waals surface area contributed by atoms with Crippen molar-refractivity contribution in [3.05, 3.63) is 34.9 Å². The molecule has 5 nitrogen and oxygen atoms in total. The number of hydrogen-bond donors (Lipinski definition) is 2. The molecule has 1 aliphatic rings. The van der Waals surface area contributed by atoms with Gasteiger partial charge in [-0.05, 0) is 30.0 Å². The van der Waals surface area contributed by atoms with E-state index >= 15 is 0 Å². The highest BCUT2D eigenvalue weighted by atomic mass is 35.5. The molecule has 0 radical (unpaired) electrons. The summed E-state index contributed by atoms with van der Waals surface area (Å²) in [5.74, 6) is -1.17. The van der Waals surface area contributed by atoms with Gasteiger partial charge in [-0.1, -0.05) is 23.7 Å². The molecule has 1 aromatic carbocycles. The van der Waals surface area contributed by atoms with E-state index < -0.39 is 12.1 Å². The molecule has 0 heterocycles. The summed E-state index contributed by atoms with van der Waals surface area (Å²) in [6.07, 6.45) is -0.251. The zero-order chi connectivity index (χ0) is 14.7. The number of carboxylic acid groups (broad SMARTS) is 1. The monoisotopic (exact) mass is 297 g/mol. The fourth-order valence-electron chi connectivity index (χ4n) is 2.19. The number of halogens is 1. The Morgan fingerprint density at radius 1 is 1.55 bits per heavy atom. The number of rotatable bonds is 6. The van der Waals surface area contributed by atoms with Gasteiger partial charge in [-0.25, -0.2) is 4.79 Å². The number of carbonyl (C=O) groups is 2. The van der Waals surface area contributed by atoms with E-state index in [1.165, 1.54) is 7.11 Å². The Hall–Kier alpha value is -1.59. The molecule has 3 unspecified atom stereocenters. The van der Waals surface area contributed by atoms with Gasteiger partial charge in [0.25, 0.3) is 0 Å². The number of benzene rings is 1. The Kier molecular flexibility index (Phi) is 4.62. The Labute approximate surface area is 121 Å². The van der Waals surface area contributed by atoms with Crippen molar-refractivity contribution in [2.45, 2.75) is 18.4 Å². The Morgan fingerprint density at radius 3 is 2.90 bits per heavy atom. The highest BCUT2D eigenvalue weighted by molar-refractivity contribution is 6.30. The second kappa shape index (κ2) is 6.24. The van der Waals surface area contributed by atoms with Crippen molar-refractivity contribution in [2.75, 3.05) is 13.7 Å². The molecule has 20 heavy (non-hydrogen) atoms. The Bertz CT molecular complexity index is 520. The van der Waals surface area contributed by atoms with Crippen molar-refractivity contribution in [3.8, 4) is 0 Å². The fraction of sp³-hybridized carbons (Fsp3) is 0.429. The molecule has 0 aromatic heterocycles. The topological polar surface area (TPSA) is 75.6 Å². The van der Waals surface area contributed by atoms with E-state index in [4.69, 9.17) is 21.4 Å². The first-order chi connectivity index (χ1) is 9.52. The number of aliphatic carboxylic acids is 1. The second-order valence-electron chi connectivity index (χ2n) is 4.81. The second-order valence-corrected chi connectivity index (χ2v) is 5.25. The van der Waals surface area contributed by atoms with Crippen molar-refractivity contribution in [2.24, 2.45) is 5.92 Å². The number of hydrogen-bond acceptors (Lipinski definition) is 3. The number of carboxylic acids is 1. The Balaban J connectivity index is 1.86. The third kappa shape index (κ3) is 3.49. The van der Waals surface area contributed by atoms with Crippen LogP contribution in [0.5, 0.6) is 0 Å². The van der Waals surface area contributed by atoms with Gasteiger partial charge in [-0.2, -0.15) is 0 Å². The lowest BCUT2D eigenvalue weighted by atomic mass is 10.1. The predicted molar refractivity (Wildman–Crippen MR) is 73.7 cm³/mol. The molecule has 2 rings (SSSR count). The standard InChI is InChI=1S/C14H16ClNO4/c1-20-12(14(18)19)7-16-13(17)11-6-10(11)8-3-2-4-9(15)5-8/h2-5,10-12H,6-7H2,1H3,(H,16,17)(H,18,19). The number of amides is 1. The molecule has 1 amide bonds. The van der Waals surface area contributed by atoms with E-state index in [9.17, 15) is 9.59 Å². The van der Waals surface area contributed by atoms with Crippen LogP contribution in [0.4, 0.5) is 0 Å². The number of ether oxygens (including phenoxy) is 1. The lowest BCUT2D eigenvalue weighted by Gasteiger charge is -2.11. The Morgan fingerprint density at radius 2 is 2.30 bits per heavy atom. The third-order valence-electron chi connectivity index (χ3n) is 3.43. The summed E-state index contributed by atoms with van der Waals surface area (Å²) < 4.78 is 4.76. The maximum absolute atomic E-state index is 11.9. The largest absolute Gasteiger partial charge is 0.479 e. The predicted octanol–water partition coefficient (Wildman–Crippen LogP) is 1.66. The van der Waals surface area contributed by atoms with Gasteiger partial charge in [0.1, 0.15) is 0 Å². The van der Waals surface area contributed by atoms with Gasteiger partial charge in [0.2, 0.25) is 5.91 Å². The van der Waals surface area contributed by atoms with Crippen LogP contribution in [-0.4, -0.2) is 36.7 Å². The van der Waals surface area contributed by atoms with E-state index in [2.05, 4.69) is 5.32 Å². The first-order valence-electron chi connectivity index (χ1n) is 6.31. The van der Waals surface area contributed by atoms with Gasteiger partial charge in [0, 0.05) is 18.1 Å². The minimum absolute atomic E-state index is 0.0244. The van der Waals surface area contributed by atoms with Crippen LogP contribution < -0.4 is 5.32 Å². The van der Waals surface area contributed by atoms with E-state index in [0.29, 0.717) is 5.02 Å². The molecular weight excluding hydrogens is 282 g/mol. The minimum Gasteiger partial charge on any atom is -0.479 e. The lowest BCUT2D eigenvalue weighted by molar-refractivity contribution is -0.148. The summed E-state index contributed by atoms with van der Waals surface area (Å²) in [6.45, 7) is -0.0244. The molecule has 2 N–H and O–H groups in total. The first kappa shape index (κ1) is 14.8. The van der Waals surface area contributed by atoms with Crippen molar-refractivity contribution >= 4 is 23.5 Å². The van der Waals surface area contributed by atoms with Crippen LogP contribution in [0.2, 0.25) is 5.02 Å². The highest BCUT2D eigenvalue weighted by Crippen LogP contribution is 2.47. The number of methoxy groups -OCH3 is 1. The summed E-state index contributed by atoms with van der Waals surface area (Å²) in [5, 5.41) is 12.1. The van der Waals surface area contributed by atoms with E-state index in [-0.39, 0.29) is 24.3 Å². The van der Waals surface area contributed by atoms with Crippen LogP contribution in [0.25, 0.3) is 0 Å². The number of nitrogens with one attached hydrogen (secondary N) is 1. The summed E-state index contributed by atoms with van der Waals surface area (Å²) in [5.41, 5.74) is 1.04. The molecule has 0 bridgehead atoms. The van der Waals surface area contributed by atoms with Crippen LogP contribution in [0.15, 0.2) is 24.3 Å². The third-order valence-corrected chi connectivity index (χ3v) is 3.66. The van der Waals surface area contributed by atoms with Crippen molar-refractivity contribution in [1.82, 2.24) is 5.32 Å². The summed E-state index contributed by atoms with van der Waals surface area (Å²) in [4.78, 5) is 22.7. The highest BCUT2D eigenvalue weighted by Gasteiger charge is 2.44. The van der Waals surface area contributed by atoms with Gasteiger partial charge in [-0.3, -0.25) is 4.79 Å². The summed E-state index contributed by atoms with van der Waals surface area (Å²) >= 11 is 5.92. The minimum atomic E-state index is -1.09. The van der Waals surface area contributed by atoms with Gasteiger partial charge in [0.15, 0.2) is 6.10 Å². The van der Waals surface area contributed by atoms with E-state index in [1.54, 1.807) is 6.07 Å². The first-order valence-corrected chi connectivity index (χ1v) is 6.69. The number of carbonyl (C=O) groups excluding carboxylic acids is 1. The van der Waals surface area contributed by atoms with Gasteiger partial charge in [-0.15, -0.1) is 0 Å². The molecule has 0 saturated heterocycles.